The van der Waals surface area contributed by atoms with Crippen LogP contribution in [0.1, 0.15) is 25.8 Å². The molecule has 0 bridgehead atoms. The number of hydrogen-bond donors (Lipinski definition) is 1. The first-order valence-corrected chi connectivity index (χ1v) is 6.59. The van der Waals surface area contributed by atoms with Gasteiger partial charge in [0.05, 0.1) is 6.54 Å². The van der Waals surface area contributed by atoms with Gasteiger partial charge in [0.25, 0.3) is 0 Å². The minimum absolute atomic E-state index is 0.00790. The summed E-state index contributed by atoms with van der Waals surface area (Å²) in [6, 6.07) is 5.46. The third kappa shape index (κ3) is 4.48. The molecule has 0 amide bonds. The maximum absolute atomic E-state index is 10.9. The molecule has 1 rings (SSSR count). The summed E-state index contributed by atoms with van der Waals surface area (Å²) in [6.45, 7) is 4.56. The molecule has 100 valence electrons. The minimum atomic E-state index is -0.833. The quantitative estimate of drug-likeness (QED) is 0.868. The number of halogens is 2. The normalized spacial score (nSPS) is 12.7. The van der Waals surface area contributed by atoms with Gasteiger partial charge in [-0.1, -0.05) is 36.2 Å². The maximum Gasteiger partial charge on any atom is 0.317 e. The average Bonchev–Trinajstić information content (AvgIpc) is 2.30. The highest BCUT2D eigenvalue weighted by Crippen LogP contribution is 2.23. The molecule has 0 saturated carbocycles. The molecule has 18 heavy (non-hydrogen) atoms. The average molecular weight is 290 g/mol. The Balaban J connectivity index is 2.85. The van der Waals surface area contributed by atoms with Gasteiger partial charge in [0.1, 0.15) is 0 Å². The minimum Gasteiger partial charge on any atom is -0.480 e. The van der Waals surface area contributed by atoms with Gasteiger partial charge in [-0.3, -0.25) is 9.69 Å². The predicted molar refractivity (Wildman–Crippen MR) is 74.3 cm³/mol. The van der Waals surface area contributed by atoms with Crippen molar-refractivity contribution in [2.75, 3.05) is 6.54 Å². The van der Waals surface area contributed by atoms with Gasteiger partial charge in [-0.2, -0.15) is 0 Å². The van der Waals surface area contributed by atoms with Gasteiger partial charge >= 0.3 is 5.97 Å². The monoisotopic (exact) mass is 289 g/mol. The van der Waals surface area contributed by atoms with Gasteiger partial charge in [-0.25, -0.2) is 0 Å². The van der Waals surface area contributed by atoms with Crippen LogP contribution in [-0.4, -0.2) is 28.6 Å². The summed E-state index contributed by atoms with van der Waals surface area (Å²) >= 11 is 11.9. The van der Waals surface area contributed by atoms with Crippen molar-refractivity contribution in [2.45, 2.75) is 32.9 Å². The van der Waals surface area contributed by atoms with Crippen LogP contribution in [0.4, 0.5) is 0 Å². The van der Waals surface area contributed by atoms with Crippen molar-refractivity contribution in [3.63, 3.8) is 0 Å². The largest absolute Gasteiger partial charge is 0.480 e. The molecular weight excluding hydrogens is 273 g/mol. The molecular formula is C13H17Cl2NO2. The van der Waals surface area contributed by atoms with Crippen LogP contribution in [0.25, 0.3) is 0 Å². The third-order valence-electron chi connectivity index (χ3n) is 2.94. The number of carbonyl (C=O) groups is 1. The summed E-state index contributed by atoms with van der Waals surface area (Å²) < 4.78 is 0. The fourth-order valence-corrected chi connectivity index (χ4v) is 2.14. The summed E-state index contributed by atoms with van der Waals surface area (Å²) in [7, 11) is 0. The van der Waals surface area contributed by atoms with Gasteiger partial charge in [0.15, 0.2) is 0 Å². The van der Waals surface area contributed by atoms with Crippen LogP contribution in [0, 0.1) is 0 Å². The molecule has 1 atom stereocenters. The van der Waals surface area contributed by atoms with E-state index >= 15 is 0 Å². The summed E-state index contributed by atoms with van der Waals surface area (Å²) in [4.78, 5) is 12.7. The van der Waals surface area contributed by atoms with E-state index in [-0.39, 0.29) is 12.6 Å². The Morgan fingerprint density at radius 2 is 2.11 bits per heavy atom. The van der Waals surface area contributed by atoms with E-state index in [0.717, 1.165) is 12.0 Å². The van der Waals surface area contributed by atoms with Gasteiger partial charge in [-0.05, 0) is 31.0 Å². The molecule has 0 radical (unpaired) electrons. The van der Waals surface area contributed by atoms with Crippen molar-refractivity contribution in [1.29, 1.82) is 0 Å². The van der Waals surface area contributed by atoms with Gasteiger partial charge in [0, 0.05) is 22.6 Å². The van der Waals surface area contributed by atoms with Crippen molar-refractivity contribution in [1.82, 2.24) is 4.90 Å². The van der Waals surface area contributed by atoms with E-state index in [0.29, 0.717) is 16.6 Å². The molecule has 0 aliphatic rings. The van der Waals surface area contributed by atoms with E-state index in [4.69, 9.17) is 28.3 Å². The first-order valence-electron chi connectivity index (χ1n) is 5.83. The Morgan fingerprint density at radius 3 is 2.61 bits per heavy atom. The van der Waals surface area contributed by atoms with Crippen molar-refractivity contribution >= 4 is 29.2 Å². The second-order valence-corrected chi connectivity index (χ2v) is 5.14. The SMILES string of the molecule is CCC(C)N(CC(=O)O)Cc1ccc(Cl)cc1Cl. The fourth-order valence-electron chi connectivity index (χ4n) is 1.67. The Morgan fingerprint density at radius 1 is 1.44 bits per heavy atom. The lowest BCUT2D eigenvalue weighted by Gasteiger charge is -2.27. The van der Waals surface area contributed by atoms with E-state index in [9.17, 15) is 4.79 Å². The van der Waals surface area contributed by atoms with E-state index in [1.165, 1.54) is 0 Å². The van der Waals surface area contributed by atoms with E-state index in [2.05, 4.69) is 0 Å². The summed E-state index contributed by atoms with van der Waals surface area (Å²) in [5.41, 5.74) is 0.891. The zero-order chi connectivity index (χ0) is 13.7. The molecule has 0 aliphatic heterocycles. The number of carboxylic acid groups (broad SMARTS) is 1. The molecule has 0 aromatic heterocycles. The molecule has 0 saturated heterocycles. The Bertz CT molecular complexity index is 423. The topological polar surface area (TPSA) is 40.5 Å². The number of nitrogens with zero attached hydrogens (tertiary/aromatic N) is 1. The predicted octanol–water partition coefficient (Wildman–Crippen LogP) is 3.68. The number of benzene rings is 1. The molecule has 5 heteroatoms. The summed E-state index contributed by atoms with van der Waals surface area (Å²) in [6.07, 6.45) is 0.887. The molecule has 1 unspecified atom stereocenters. The smallest absolute Gasteiger partial charge is 0.317 e. The van der Waals surface area contributed by atoms with Gasteiger partial charge < -0.3 is 5.11 Å². The lowest BCUT2D eigenvalue weighted by molar-refractivity contribution is -0.139. The first kappa shape index (κ1) is 15.3. The highest BCUT2D eigenvalue weighted by atomic mass is 35.5. The van der Waals surface area contributed by atoms with Crippen molar-refractivity contribution in [3.8, 4) is 0 Å². The van der Waals surface area contributed by atoms with Crippen molar-refractivity contribution < 1.29 is 9.90 Å². The standard InChI is InChI=1S/C13H17Cl2NO2/c1-3-9(2)16(8-13(17)18)7-10-4-5-11(14)6-12(10)15/h4-6,9H,3,7-8H2,1-2H3,(H,17,18). The van der Waals surface area contributed by atoms with Crippen LogP contribution in [0.5, 0.6) is 0 Å². The van der Waals surface area contributed by atoms with Crippen molar-refractivity contribution in [3.05, 3.63) is 33.8 Å². The lowest BCUT2D eigenvalue weighted by atomic mass is 10.1. The molecule has 0 fully saturated rings. The Hall–Kier alpha value is -0.770. The Kier molecular flexibility index (Phi) is 5.93. The zero-order valence-corrected chi connectivity index (χ0v) is 12.0. The van der Waals surface area contributed by atoms with E-state index in [1.807, 2.05) is 24.8 Å². The van der Waals surface area contributed by atoms with Crippen LogP contribution in [0.2, 0.25) is 10.0 Å². The fraction of sp³-hybridized carbons (Fsp3) is 0.462. The molecule has 0 heterocycles. The highest BCUT2D eigenvalue weighted by Gasteiger charge is 2.17. The molecule has 1 aromatic rings. The molecule has 0 aliphatic carbocycles. The van der Waals surface area contributed by atoms with Crippen LogP contribution in [-0.2, 0) is 11.3 Å². The first-order chi connectivity index (χ1) is 8.43. The van der Waals surface area contributed by atoms with Gasteiger partial charge in [0.2, 0.25) is 0 Å². The lowest BCUT2D eigenvalue weighted by Crippen LogP contribution is -2.36. The number of rotatable bonds is 6. The van der Waals surface area contributed by atoms with E-state index < -0.39 is 5.97 Å². The highest BCUT2D eigenvalue weighted by molar-refractivity contribution is 6.35. The molecule has 1 N–H and O–H groups in total. The van der Waals surface area contributed by atoms with E-state index in [1.54, 1.807) is 12.1 Å². The Labute approximate surface area is 117 Å². The molecule has 1 aromatic carbocycles. The van der Waals surface area contributed by atoms with Crippen LogP contribution in [0.3, 0.4) is 0 Å². The van der Waals surface area contributed by atoms with Crippen molar-refractivity contribution in [2.24, 2.45) is 0 Å². The van der Waals surface area contributed by atoms with Gasteiger partial charge in [-0.15, -0.1) is 0 Å². The van der Waals surface area contributed by atoms with Crippen LogP contribution in [0.15, 0.2) is 18.2 Å². The zero-order valence-electron chi connectivity index (χ0n) is 10.5. The third-order valence-corrected chi connectivity index (χ3v) is 3.53. The number of hydrogen-bond acceptors (Lipinski definition) is 2. The molecule has 0 spiro atoms. The summed E-state index contributed by atoms with van der Waals surface area (Å²) in [5, 5.41) is 10.1. The van der Waals surface area contributed by atoms with Crippen LogP contribution >= 0.6 is 23.2 Å². The second-order valence-electron chi connectivity index (χ2n) is 4.29. The van der Waals surface area contributed by atoms with Crippen LogP contribution < -0.4 is 0 Å². The second kappa shape index (κ2) is 6.98. The number of aliphatic carboxylic acids is 1. The summed E-state index contributed by atoms with van der Waals surface area (Å²) in [5.74, 6) is -0.833. The molecule has 3 nitrogen and oxygen atoms in total. The maximum atomic E-state index is 10.9. The number of carboxylic acids is 1.